The summed E-state index contributed by atoms with van der Waals surface area (Å²) in [6.07, 6.45) is 1.31. The molecule has 1 aliphatic rings. The quantitative estimate of drug-likeness (QED) is 0.550. The summed E-state index contributed by atoms with van der Waals surface area (Å²) < 4.78 is 0. The van der Waals surface area contributed by atoms with Crippen molar-refractivity contribution in [1.82, 2.24) is 4.90 Å². The number of carbonyl (C=O) groups excluding carboxylic acids is 2. The Kier molecular flexibility index (Phi) is 5.55. The molecule has 0 bridgehead atoms. The molecule has 4 rings (SSSR count). The number of fused-ring (bicyclic) bond motifs is 1. The van der Waals surface area contributed by atoms with Crippen LogP contribution in [0.2, 0.25) is 5.02 Å². The summed E-state index contributed by atoms with van der Waals surface area (Å²) in [6, 6.07) is 21.7. The average molecular weight is 418 g/mol. The molecule has 0 aliphatic carbocycles. The van der Waals surface area contributed by atoms with Gasteiger partial charge in [-0.3, -0.25) is 9.59 Å². The Hall–Kier alpha value is -3.57. The van der Waals surface area contributed by atoms with E-state index in [1.54, 1.807) is 47.4 Å². The molecule has 2 amide bonds. The standard InChI is InChI=1S/C24H20ClN3O2/c1-2-14-28-22(27-21-13-6-4-11-19(21)24(28)30)16-8-7-9-17(15-16)26-23(29)18-10-3-5-12-20(18)25/h2-13,15,22,27H,1,14H2,(H,26,29). The van der Waals surface area contributed by atoms with Gasteiger partial charge in [0.1, 0.15) is 6.17 Å². The molecule has 0 aromatic heterocycles. The van der Waals surface area contributed by atoms with E-state index in [2.05, 4.69) is 17.2 Å². The Labute approximate surface area is 180 Å². The fourth-order valence-corrected chi connectivity index (χ4v) is 3.74. The zero-order chi connectivity index (χ0) is 21.1. The Balaban J connectivity index is 1.64. The largest absolute Gasteiger partial charge is 0.361 e. The molecule has 1 heterocycles. The molecule has 2 N–H and O–H groups in total. The van der Waals surface area contributed by atoms with Crippen molar-refractivity contribution in [1.29, 1.82) is 0 Å². The number of para-hydroxylation sites is 1. The fraction of sp³-hybridized carbons (Fsp3) is 0.0833. The van der Waals surface area contributed by atoms with Crippen LogP contribution >= 0.6 is 11.6 Å². The van der Waals surface area contributed by atoms with Crippen LogP contribution in [0.1, 0.15) is 32.4 Å². The Morgan fingerprint density at radius 2 is 1.87 bits per heavy atom. The van der Waals surface area contributed by atoms with Crippen molar-refractivity contribution in [3.8, 4) is 0 Å². The minimum absolute atomic E-state index is 0.0697. The number of nitrogens with zero attached hydrogens (tertiary/aromatic N) is 1. The summed E-state index contributed by atoms with van der Waals surface area (Å²) in [7, 11) is 0. The van der Waals surface area contributed by atoms with Crippen molar-refractivity contribution in [3.63, 3.8) is 0 Å². The zero-order valence-electron chi connectivity index (χ0n) is 16.1. The van der Waals surface area contributed by atoms with Crippen molar-refractivity contribution in [2.75, 3.05) is 17.2 Å². The van der Waals surface area contributed by atoms with Gasteiger partial charge in [-0.25, -0.2) is 0 Å². The highest BCUT2D eigenvalue weighted by Crippen LogP contribution is 2.33. The van der Waals surface area contributed by atoms with Gasteiger partial charge in [0, 0.05) is 17.9 Å². The second-order valence-electron chi connectivity index (χ2n) is 6.90. The fourth-order valence-electron chi connectivity index (χ4n) is 3.51. The highest BCUT2D eigenvalue weighted by atomic mass is 35.5. The summed E-state index contributed by atoms with van der Waals surface area (Å²) in [6.45, 7) is 4.17. The van der Waals surface area contributed by atoms with Crippen LogP contribution in [0.4, 0.5) is 11.4 Å². The molecule has 0 saturated heterocycles. The van der Waals surface area contributed by atoms with Crippen LogP contribution in [0.25, 0.3) is 0 Å². The Morgan fingerprint density at radius 1 is 1.10 bits per heavy atom. The van der Waals surface area contributed by atoms with E-state index in [9.17, 15) is 9.59 Å². The van der Waals surface area contributed by atoms with Gasteiger partial charge in [-0.15, -0.1) is 6.58 Å². The number of nitrogens with one attached hydrogen (secondary N) is 2. The van der Waals surface area contributed by atoms with Crippen LogP contribution in [0, 0.1) is 0 Å². The van der Waals surface area contributed by atoms with E-state index in [-0.39, 0.29) is 18.0 Å². The van der Waals surface area contributed by atoms with Gasteiger partial charge in [0.15, 0.2) is 0 Å². The smallest absolute Gasteiger partial charge is 0.258 e. The highest BCUT2D eigenvalue weighted by Gasteiger charge is 2.32. The minimum Gasteiger partial charge on any atom is -0.361 e. The predicted molar refractivity (Wildman–Crippen MR) is 120 cm³/mol. The first kappa shape index (κ1) is 19.7. The van der Waals surface area contributed by atoms with Gasteiger partial charge in [0.25, 0.3) is 11.8 Å². The summed E-state index contributed by atoms with van der Waals surface area (Å²) in [5.74, 6) is -0.363. The van der Waals surface area contributed by atoms with E-state index in [1.165, 1.54) is 0 Å². The normalized spacial score (nSPS) is 15.2. The molecule has 5 nitrogen and oxygen atoms in total. The van der Waals surface area contributed by atoms with Crippen molar-refractivity contribution >= 4 is 34.8 Å². The van der Waals surface area contributed by atoms with Gasteiger partial charge in [-0.05, 0) is 42.0 Å². The van der Waals surface area contributed by atoms with Crippen molar-refractivity contribution in [2.45, 2.75) is 6.17 Å². The lowest BCUT2D eigenvalue weighted by atomic mass is 10.0. The lowest BCUT2D eigenvalue weighted by molar-refractivity contribution is 0.0707. The first-order valence-electron chi connectivity index (χ1n) is 9.52. The summed E-state index contributed by atoms with van der Waals surface area (Å²) >= 11 is 6.13. The van der Waals surface area contributed by atoms with Crippen molar-refractivity contribution in [3.05, 3.63) is 107 Å². The molecule has 3 aromatic carbocycles. The van der Waals surface area contributed by atoms with E-state index in [4.69, 9.17) is 11.6 Å². The topological polar surface area (TPSA) is 61.4 Å². The SMILES string of the molecule is C=CCN1C(=O)c2ccccc2NC1c1cccc(NC(=O)c2ccccc2Cl)c1. The molecule has 0 fully saturated rings. The second-order valence-corrected chi connectivity index (χ2v) is 7.31. The summed E-state index contributed by atoms with van der Waals surface area (Å²) in [4.78, 5) is 27.4. The molecule has 1 atom stereocenters. The summed E-state index contributed by atoms with van der Waals surface area (Å²) in [5, 5.41) is 6.69. The van der Waals surface area contributed by atoms with E-state index >= 15 is 0 Å². The van der Waals surface area contributed by atoms with Gasteiger partial charge in [-0.2, -0.15) is 0 Å². The molecule has 30 heavy (non-hydrogen) atoms. The van der Waals surface area contributed by atoms with Crippen LogP contribution in [-0.2, 0) is 0 Å². The Bertz CT molecular complexity index is 1130. The molecule has 1 unspecified atom stereocenters. The van der Waals surface area contributed by atoms with Gasteiger partial charge in [0.2, 0.25) is 0 Å². The van der Waals surface area contributed by atoms with E-state index in [0.717, 1.165) is 11.3 Å². The van der Waals surface area contributed by atoms with Crippen LogP contribution in [0.15, 0.2) is 85.5 Å². The van der Waals surface area contributed by atoms with Crippen LogP contribution in [-0.4, -0.2) is 23.3 Å². The number of hydrogen-bond donors (Lipinski definition) is 2. The van der Waals surface area contributed by atoms with Crippen molar-refractivity contribution < 1.29 is 9.59 Å². The third-order valence-corrected chi connectivity index (χ3v) is 5.26. The molecular weight excluding hydrogens is 398 g/mol. The van der Waals surface area contributed by atoms with Gasteiger partial charge < -0.3 is 15.5 Å². The highest BCUT2D eigenvalue weighted by molar-refractivity contribution is 6.34. The first-order valence-corrected chi connectivity index (χ1v) is 9.89. The van der Waals surface area contributed by atoms with Crippen LogP contribution in [0.3, 0.4) is 0 Å². The third kappa shape index (κ3) is 3.80. The maximum Gasteiger partial charge on any atom is 0.258 e. The lowest BCUT2D eigenvalue weighted by Crippen LogP contribution is -2.43. The van der Waals surface area contributed by atoms with Gasteiger partial charge in [-0.1, -0.05) is 54.1 Å². The van der Waals surface area contributed by atoms with Gasteiger partial charge >= 0.3 is 0 Å². The van der Waals surface area contributed by atoms with E-state index < -0.39 is 0 Å². The molecule has 6 heteroatoms. The number of anilines is 2. The number of benzene rings is 3. The monoisotopic (exact) mass is 417 g/mol. The average Bonchev–Trinajstić information content (AvgIpc) is 2.76. The zero-order valence-corrected chi connectivity index (χ0v) is 16.9. The number of halogens is 1. The third-order valence-electron chi connectivity index (χ3n) is 4.93. The molecule has 3 aromatic rings. The summed E-state index contributed by atoms with van der Waals surface area (Å²) in [5.41, 5.74) is 3.26. The van der Waals surface area contributed by atoms with Gasteiger partial charge in [0.05, 0.1) is 16.1 Å². The number of hydrogen-bond acceptors (Lipinski definition) is 3. The molecule has 0 spiro atoms. The van der Waals surface area contributed by atoms with E-state index in [0.29, 0.717) is 28.4 Å². The van der Waals surface area contributed by atoms with Crippen molar-refractivity contribution in [2.24, 2.45) is 0 Å². The number of rotatable bonds is 5. The first-order chi connectivity index (χ1) is 14.6. The molecule has 0 radical (unpaired) electrons. The second kappa shape index (κ2) is 8.43. The lowest BCUT2D eigenvalue weighted by Gasteiger charge is -2.37. The van der Waals surface area contributed by atoms with E-state index in [1.807, 2.05) is 36.4 Å². The van der Waals surface area contributed by atoms with Crippen LogP contribution in [0.5, 0.6) is 0 Å². The number of amides is 2. The molecule has 150 valence electrons. The molecule has 0 saturated carbocycles. The maximum atomic E-state index is 13.0. The molecule has 1 aliphatic heterocycles. The van der Waals surface area contributed by atoms with Crippen LogP contribution < -0.4 is 10.6 Å². The Morgan fingerprint density at radius 3 is 2.67 bits per heavy atom. The predicted octanol–water partition coefficient (Wildman–Crippen LogP) is 5.34. The number of carbonyl (C=O) groups is 2. The molecular formula is C24H20ClN3O2. The minimum atomic E-state index is -0.387. The maximum absolute atomic E-state index is 13.0.